The summed E-state index contributed by atoms with van der Waals surface area (Å²) in [6.45, 7) is 5.67. The largest absolute Gasteiger partial charge is 0.326 e. The van der Waals surface area contributed by atoms with Crippen molar-refractivity contribution in [2.75, 3.05) is 5.32 Å². The lowest BCUT2D eigenvalue weighted by Gasteiger charge is -2.17. The van der Waals surface area contributed by atoms with E-state index in [-0.39, 0.29) is 5.91 Å². The van der Waals surface area contributed by atoms with Gasteiger partial charge < -0.3 is 5.32 Å². The molecule has 0 saturated carbocycles. The Morgan fingerprint density at radius 2 is 1.91 bits per heavy atom. The van der Waals surface area contributed by atoms with Crippen molar-refractivity contribution in [3.8, 4) is 11.3 Å². The smallest absolute Gasteiger partial charge is 0.234 e. The number of carbonyl (C=O) groups excluding carboxylic acids is 1. The van der Waals surface area contributed by atoms with Gasteiger partial charge in [-0.05, 0) is 18.2 Å². The highest BCUT2D eigenvalue weighted by atomic mass is 16.2. The van der Waals surface area contributed by atoms with E-state index in [1.165, 1.54) is 0 Å². The molecular weight excluding hydrogens is 276 g/mol. The summed E-state index contributed by atoms with van der Waals surface area (Å²) in [5.74, 6) is 0.666. The van der Waals surface area contributed by atoms with Gasteiger partial charge in [0.05, 0.1) is 5.69 Å². The fourth-order valence-corrected chi connectivity index (χ4v) is 2.01. The molecule has 0 aliphatic rings. The van der Waals surface area contributed by atoms with E-state index >= 15 is 0 Å². The van der Waals surface area contributed by atoms with Crippen molar-refractivity contribution in [3.05, 3.63) is 48.9 Å². The number of nitrogens with zero attached hydrogens (tertiary/aromatic N) is 3. The molecule has 22 heavy (non-hydrogen) atoms. The Balaban J connectivity index is 1.83. The molecule has 2 aromatic heterocycles. The van der Waals surface area contributed by atoms with Crippen molar-refractivity contribution < 1.29 is 4.79 Å². The summed E-state index contributed by atoms with van der Waals surface area (Å²) < 4.78 is 1.88. The van der Waals surface area contributed by atoms with Crippen LogP contribution >= 0.6 is 0 Å². The summed E-state index contributed by atoms with van der Waals surface area (Å²) in [5, 5.41) is 2.91. The van der Waals surface area contributed by atoms with E-state index in [0.717, 1.165) is 16.9 Å². The zero-order valence-electron chi connectivity index (χ0n) is 12.9. The van der Waals surface area contributed by atoms with Gasteiger partial charge in [0, 0.05) is 35.3 Å². The second kappa shape index (κ2) is 5.26. The van der Waals surface area contributed by atoms with Crippen molar-refractivity contribution in [1.29, 1.82) is 0 Å². The second-order valence-electron chi connectivity index (χ2n) is 6.23. The summed E-state index contributed by atoms with van der Waals surface area (Å²) in [7, 11) is 0. The normalized spacial score (nSPS) is 11.6. The Morgan fingerprint density at radius 1 is 1.18 bits per heavy atom. The van der Waals surface area contributed by atoms with Gasteiger partial charge in [-0.15, -0.1) is 0 Å². The highest BCUT2D eigenvalue weighted by molar-refractivity contribution is 5.94. The van der Waals surface area contributed by atoms with Crippen LogP contribution in [0, 0.1) is 5.41 Å². The first-order chi connectivity index (χ1) is 10.4. The predicted octanol–water partition coefficient (Wildman–Crippen LogP) is 3.38. The molecule has 0 radical (unpaired) electrons. The van der Waals surface area contributed by atoms with Crippen LogP contribution in [0.5, 0.6) is 0 Å². The van der Waals surface area contributed by atoms with Gasteiger partial charge >= 0.3 is 0 Å². The molecule has 0 fully saturated rings. The molecule has 0 unspecified atom stereocenters. The molecular formula is C17H18N4O. The molecule has 1 N–H and O–H groups in total. The minimum absolute atomic E-state index is 0.00261. The molecule has 1 aromatic carbocycles. The molecule has 3 aromatic rings. The number of benzene rings is 1. The number of rotatable bonds is 2. The van der Waals surface area contributed by atoms with E-state index in [1.807, 2.05) is 67.9 Å². The maximum Gasteiger partial charge on any atom is 0.234 e. The lowest BCUT2D eigenvalue weighted by atomic mass is 9.95. The second-order valence-corrected chi connectivity index (χ2v) is 6.23. The zero-order chi connectivity index (χ0) is 15.7. The topological polar surface area (TPSA) is 59.3 Å². The Bertz CT molecular complexity index is 780. The lowest BCUT2D eigenvalue weighted by molar-refractivity contribution is -0.123. The first-order valence-corrected chi connectivity index (χ1v) is 7.15. The van der Waals surface area contributed by atoms with Gasteiger partial charge in [-0.3, -0.25) is 9.20 Å². The molecule has 0 aliphatic heterocycles. The number of amides is 1. The fourth-order valence-electron chi connectivity index (χ4n) is 2.01. The molecule has 0 atom stereocenters. The quantitative estimate of drug-likeness (QED) is 0.788. The highest BCUT2D eigenvalue weighted by Crippen LogP contribution is 2.22. The average molecular weight is 294 g/mol. The van der Waals surface area contributed by atoms with Crippen LogP contribution < -0.4 is 5.32 Å². The van der Waals surface area contributed by atoms with Crippen LogP contribution in [0.3, 0.4) is 0 Å². The summed E-state index contributed by atoms with van der Waals surface area (Å²) in [4.78, 5) is 20.7. The van der Waals surface area contributed by atoms with E-state index in [2.05, 4.69) is 15.3 Å². The van der Waals surface area contributed by atoms with E-state index in [0.29, 0.717) is 5.78 Å². The summed E-state index contributed by atoms with van der Waals surface area (Å²) >= 11 is 0. The summed E-state index contributed by atoms with van der Waals surface area (Å²) in [5.41, 5.74) is 2.21. The number of nitrogens with one attached hydrogen (secondary N) is 1. The van der Waals surface area contributed by atoms with Crippen molar-refractivity contribution in [1.82, 2.24) is 14.4 Å². The van der Waals surface area contributed by atoms with Crippen molar-refractivity contribution in [3.63, 3.8) is 0 Å². The van der Waals surface area contributed by atoms with Gasteiger partial charge in [0.1, 0.15) is 0 Å². The monoisotopic (exact) mass is 294 g/mol. The number of hydrogen-bond donors (Lipinski definition) is 1. The number of fused-ring (bicyclic) bond motifs is 1. The molecule has 0 spiro atoms. The van der Waals surface area contributed by atoms with Crippen LogP contribution in [0.2, 0.25) is 0 Å². The van der Waals surface area contributed by atoms with Crippen molar-refractivity contribution in [2.24, 2.45) is 5.41 Å². The maximum absolute atomic E-state index is 12.0. The van der Waals surface area contributed by atoms with Crippen LogP contribution in [0.15, 0.2) is 48.9 Å². The summed E-state index contributed by atoms with van der Waals surface area (Å²) in [6.07, 6.45) is 5.57. The molecule has 112 valence electrons. The van der Waals surface area contributed by atoms with Gasteiger partial charge in [-0.1, -0.05) is 32.9 Å². The van der Waals surface area contributed by atoms with E-state index in [4.69, 9.17) is 0 Å². The molecule has 0 bridgehead atoms. The number of anilines is 1. The van der Waals surface area contributed by atoms with Crippen LogP contribution in [0.25, 0.3) is 17.0 Å². The van der Waals surface area contributed by atoms with E-state index in [1.54, 1.807) is 6.20 Å². The SMILES string of the molecule is CC(C)(C)C(=O)Nc1ccc(-c2cn3cccnc3n2)cc1. The van der Waals surface area contributed by atoms with Crippen LogP contribution in [0.4, 0.5) is 5.69 Å². The highest BCUT2D eigenvalue weighted by Gasteiger charge is 2.21. The standard InChI is InChI=1S/C17H18N4O/c1-17(2,3)15(22)19-13-7-5-12(6-8-13)14-11-21-10-4-9-18-16(21)20-14/h4-11H,1-3H3,(H,19,22). The van der Waals surface area contributed by atoms with Gasteiger partial charge in [0.2, 0.25) is 11.7 Å². The average Bonchev–Trinajstić information content (AvgIpc) is 2.91. The van der Waals surface area contributed by atoms with Crippen LogP contribution in [-0.4, -0.2) is 20.3 Å². The minimum atomic E-state index is -0.411. The molecule has 5 nitrogen and oxygen atoms in total. The predicted molar refractivity (Wildman–Crippen MR) is 86.5 cm³/mol. The Labute approximate surface area is 129 Å². The van der Waals surface area contributed by atoms with Crippen molar-refractivity contribution >= 4 is 17.4 Å². The van der Waals surface area contributed by atoms with E-state index < -0.39 is 5.41 Å². The minimum Gasteiger partial charge on any atom is -0.326 e. The van der Waals surface area contributed by atoms with Crippen LogP contribution in [-0.2, 0) is 4.79 Å². The van der Waals surface area contributed by atoms with Gasteiger partial charge in [0.25, 0.3) is 0 Å². The number of hydrogen-bond acceptors (Lipinski definition) is 3. The maximum atomic E-state index is 12.0. The Kier molecular flexibility index (Phi) is 3.41. The molecule has 3 rings (SSSR count). The fraction of sp³-hybridized carbons (Fsp3) is 0.235. The third-order valence-corrected chi connectivity index (χ3v) is 3.36. The summed E-state index contributed by atoms with van der Waals surface area (Å²) in [6, 6.07) is 9.52. The molecule has 2 heterocycles. The number of imidazole rings is 1. The molecule has 1 amide bonds. The molecule has 5 heteroatoms. The number of aromatic nitrogens is 3. The van der Waals surface area contributed by atoms with E-state index in [9.17, 15) is 4.79 Å². The van der Waals surface area contributed by atoms with Gasteiger partial charge in [0.15, 0.2) is 0 Å². The molecule has 0 aliphatic carbocycles. The van der Waals surface area contributed by atoms with Gasteiger partial charge in [-0.2, -0.15) is 0 Å². The lowest BCUT2D eigenvalue weighted by Crippen LogP contribution is -2.27. The first-order valence-electron chi connectivity index (χ1n) is 7.15. The first kappa shape index (κ1) is 14.3. The van der Waals surface area contributed by atoms with Gasteiger partial charge in [-0.25, -0.2) is 9.97 Å². The number of carbonyl (C=O) groups is 1. The zero-order valence-corrected chi connectivity index (χ0v) is 12.9. The molecule has 0 saturated heterocycles. The van der Waals surface area contributed by atoms with Crippen LogP contribution in [0.1, 0.15) is 20.8 Å². The Morgan fingerprint density at radius 3 is 2.55 bits per heavy atom. The Hall–Kier alpha value is -2.69. The van der Waals surface area contributed by atoms with Crippen molar-refractivity contribution in [2.45, 2.75) is 20.8 Å². The third kappa shape index (κ3) is 2.83. The third-order valence-electron chi connectivity index (χ3n) is 3.36.